The van der Waals surface area contributed by atoms with Crippen molar-refractivity contribution in [1.29, 1.82) is 0 Å². The second-order valence-electron chi connectivity index (χ2n) is 4.45. The molecular weight excluding hydrogens is 224 g/mol. The molecule has 0 saturated heterocycles. The third kappa shape index (κ3) is 4.79. The summed E-state index contributed by atoms with van der Waals surface area (Å²) in [5.74, 6) is 3.47. The third-order valence-corrected chi connectivity index (χ3v) is 3.01. The van der Waals surface area contributed by atoms with Gasteiger partial charge in [0.25, 0.3) is 0 Å². The van der Waals surface area contributed by atoms with Crippen molar-refractivity contribution in [2.45, 2.75) is 19.5 Å². The fourth-order valence-corrected chi connectivity index (χ4v) is 1.68. The van der Waals surface area contributed by atoms with Crippen molar-refractivity contribution in [3.63, 3.8) is 0 Å². The van der Waals surface area contributed by atoms with E-state index in [1.54, 1.807) is 7.11 Å². The van der Waals surface area contributed by atoms with Crippen molar-refractivity contribution in [3.05, 3.63) is 29.8 Å². The molecule has 0 heterocycles. The first kappa shape index (κ1) is 14.6. The average Bonchev–Trinajstić information content (AvgIpc) is 2.39. The normalized spacial score (nSPS) is 12.2. The first-order valence-corrected chi connectivity index (χ1v) is 6.14. The molecule has 18 heavy (non-hydrogen) atoms. The van der Waals surface area contributed by atoms with E-state index in [4.69, 9.17) is 11.2 Å². The smallest absolute Gasteiger partial charge is 0.118 e. The third-order valence-electron chi connectivity index (χ3n) is 3.01. The Balaban J connectivity index is 2.42. The number of ether oxygens (including phenoxy) is 1. The molecule has 0 spiro atoms. The van der Waals surface area contributed by atoms with Crippen molar-refractivity contribution in [2.75, 3.05) is 27.2 Å². The maximum absolute atomic E-state index is 5.20. The van der Waals surface area contributed by atoms with Crippen molar-refractivity contribution < 1.29 is 4.74 Å². The molecule has 1 N–H and O–H groups in total. The molecular formula is C15H22N2O. The number of terminal acetylenes is 1. The standard InChI is InChI=1S/C15H22N2O/c1-5-10-16-11-13(2)17(3)12-14-6-8-15(18-4)9-7-14/h1,6-9,13,16H,10-12H2,2-4H3. The quantitative estimate of drug-likeness (QED) is 0.586. The number of hydrogen-bond donors (Lipinski definition) is 1. The summed E-state index contributed by atoms with van der Waals surface area (Å²) < 4.78 is 5.14. The van der Waals surface area contributed by atoms with Crippen LogP contribution in [0.5, 0.6) is 5.75 Å². The maximum atomic E-state index is 5.20. The van der Waals surface area contributed by atoms with E-state index in [1.807, 2.05) is 12.1 Å². The van der Waals surface area contributed by atoms with Crippen LogP contribution in [0.15, 0.2) is 24.3 Å². The van der Waals surface area contributed by atoms with E-state index in [0.717, 1.165) is 18.8 Å². The van der Waals surface area contributed by atoms with Crippen LogP contribution in [0.25, 0.3) is 0 Å². The molecule has 0 fully saturated rings. The molecule has 0 saturated carbocycles. The van der Waals surface area contributed by atoms with Crippen LogP contribution in [0.4, 0.5) is 0 Å². The first-order valence-electron chi connectivity index (χ1n) is 6.14. The minimum absolute atomic E-state index is 0.445. The second kappa shape index (κ2) is 7.75. The number of benzene rings is 1. The van der Waals surface area contributed by atoms with E-state index in [2.05, 4.69) is 42.2 Å². The van der Waals surface area contributed by atoms with Gasteiger partial charge in [-0.25, -0.2) is 0 Å². The Morgan fingerprint density at radius 2 is 2.06 bits per heavy atom. The summed E-state index contributed by atoms with van der Waals surface area (Å²) in [5.41, 5.74) is 1.28. The summed E-state index contributed by atoms with van der Waals surface area (Å²) in [4.78, 5) is 2.30. The highest BCUT2D eigenvalue weighted by Gasteiger charge is 2.08. The summed E-state index contributed by atoms with van der Waals surface area (Å²) in [5, 5.41) is 3.22. The van der Waals surface area contributed by atoms with E-state index in [1.165, 1.54) is 5.56 Å². The van der Waals surface area contributed by atoms with E-state index in [9.17, 15) is 0 Å². The van der Waals surface area contributed by atoms with Crippen molar-refractivity contribution in [3.8, 4) is 18.1 Å². The van der Waals surface area contributed by atoms with Gasteiger partial charge in [0.05, 0.1) is 13.7 Å². The molecule has 0 radical (unpaired) electrons. The topological polar surface area (TPSA) is 24.5 Å². The Morgan fingerprint density at radius 1 is 1.39 bits per heavy atom. The molecule has 0 aliphatic rings. The fourth-order valence-electron chi connectivity index (χ4n) is 1.68. The van der Waals surface area contributed by atoms with Crippen LogP contribution in [0.1, 0.15) is 12.5 Å². The van der Waals surface area contributed by atoms with Crippen LogP contribution in [-0.4, -0.2) is 38.2 Å². The van der Waals surface area contributed by atoms with Crippen molar-refractivity contribution in [1.82, 2.24) is 10.2 Å². The molecule has 1 aromatic carbocycles. The largest absolute Gasteiger partial charge is 0.497 e. The summed E-state index contributed by atoms with van der Waals surface area (Å²) >= 11 is 0. The molecule has 0 aliphatic heterocycles. The van der Waals surface area contributed by atoms with Crippen LogP contribution >= 0.6 is 0 Å². The number of methoxy groups -OCH3 is 1. The second-order valence-corrected chi connectivity index (χ2v) is 4.45. The SMILES string of the molecule is C#CCNCC(C)N(C)Cc1ccc(OC)cc1. The van der Waals surface area contributed by atoms with Gasteiger partial charge in [0.1, 0.15) is 5.75 Å². The van der Waals surface area contributed by atoms with Gasteiger partial charge in [0, 0.05) is 19.1 Å². The number of rotatable bonds is 7. The molecule has 1 atom stereocenters. The zero-order valence-electron chi connectivity index (χ0n) is 11.4. The highest BCUT2D eigenvalue weighted by atomic mass is 16.5. The zero-order chi connectivity index (χ0) is 13.4. The lowest BCUT2D eigenvalue weighted by molar-refractivity contribution is 0.245. The zero-order valence-corrected chi connectivity index (χ0v) is 11.4. The number of nitrogens with zero attached hydrogens (tertiary/aromatic N) is 1. The molecule has 0 amide bonds. The van der Waals surface area contributed by atoms with Crippen LogP contribution in [0.2, 0.25) is 0 Å². The van der Waals surface area contributed by atoms with E-state index >= 15 is 0 Å². The first-order chi connectivity index (χ1) is 8.67. The molecule has 1 unspecified atom stereocenters. The lowest BCUT2D eigenvalue weighted by Gasteiger charge is -2.24. The van der Waals surface area contributed by atoms with Gasteiger partial charge in [-0.05, 0) is 31.7 Å². The van der Waals surface area contributed by atoms with E-state index in [-0.39, 0.29) is 0 Å². The Bertz CT molecular complexity index is 380. The van der Waals surface area contributed by atoms with Gasteiger partial charge >= 0.3 is 0 Å². The van der Waals surface area contributed by atoms with E-state index < -0.39 is 0 Å². The maximum Gasteiger partial charge on any atom is 0.118 e. The molecule has 3 heteroatoms. The Labute approximate surface area is 110 Å². The van der Waals surface area contributed by atoms with Crippen molar-refractivity contribution >= 4 is 0 Å². The highest BCUT2D eigenvalue weighted by molar-refractivity contribution is 5.27. The van der Waals surface area contributed by atoms with Gasteiger partial charge < -0.3 is 10.1 Å². The van der Waals surface area contributed by atoms with Crippen LogP contribution < -0.4 is 10.1 Å². The van der Waals surface area contributed by atoms with Crippen molar-refractivity contribution in [2.24, 2.45) is 0 Å². The Hall–Kier alpha value is -1.50. The highest BCUT2D eigenvalue weighted by Crippen LogP contribution is 2.13. The molecule has 0 aliphatic carbocycles. The fraction of sp³-hybridized carbons (Fsp3) is 0.467. The molecule has 1 rings (SSSR count). The lowest BCUT2D eigenvalue weighted by Crippen LogP contribution is -2.37. The van der Waals surface area contributed by atoms with Crippen LogP contribution in [-0.2, 0) is 6.54 Å². The summed E-state index contributed by atoms with van der Waals surface area (Å²) in [6.45, 7) is 4.63. The van der Waals surface area contributed by atoms with Gasteiger partial charge in [0.15, 0.2) is 0 Å². The number of hydrogen-bond acceptors (Lipinski definition) is 3. The summed E-state index contributed by atoms with van der Waals surface area (Å²) in [7, 11) is 3.80. The van der Waals surface area contributed by atoms with Crippen LogP contribution in [0.3, 0.4) is 0 Å². The minimum atomic E-state index is 0.445. The lowest BCUT2D eigenvalue weighted by atomic mass is 10.2. The molecule has 1 aromatic rings. The average molecular weight is 246 g/mol. The number of likely N-dealkylation sites (N-methyl/N-ethyl adjacent to an activating group) is 1. The van der Waals surface area contributed by atoms with Gasteiger partial charge in [-0.3, -0.25) is 4.90 Å². The van der Waals surface area contributed by atoms with Gasteiger partial charge in [-0.1, -0.05) is 18.1 Å². The molecule has 98 valence electrons. The van der Waals surface area contributed by atoms with Gasteiger partial charge in [-0.2, -0.15) is 0 Å². The monoisotopic (exact) mass is 246 g/mol. The summed E-state index contributed by atoms with van der Waals surface area (Å²) in [6, 6.07) is 8.61. The molecule has 3 nitrogen and oxygen atoms in total. The van der Waals surface area contributed by atoms with Crippen LogP contribution in [0, 0.1) is 12.3 Å². The van der Waals surface area contributed by atoms with Gasteiger partial charge in [-0.15, -0.1) is 6.42 Å². The van der Waals surface area contributed by atoms with Gasteiger partial charge in [0.2, 0.25) is 0 Å². The minimum Gasteiger partial charge on any atom is -0.497 e. The number of nitrogens with one attached hydrogen (secondary N) is 1. The molecule has 0 bridgehead atoms. The summed E-state index contributed by atoms with van der Waals surface area (Å²) in [6.07, 6.45) is 5.20. The predicted octanol–water partition coefficient (Wildman–Crippen LogP) is 1.74. The van der Waals surface area contributed by atoms with E-state index in [0.29, 0.717) is 12.6 Å². The molecule has 0 aromatic heterocycles. The Morgan fingerprint density at radius 3 is 2.61 bits per heavy atom. The Kier molecular flexibility index (Phi) is 6.27. The predicted molar refractivity (Wildman–Crippen MR) is 75.6 cm³/mol.